The van der Waals surface area contributed by atoms with E-state index in [1.54, 1.807) is 6.20 Å². The number of aromatic nitrogens is 1. The molecule has 128 valence electrons. The van der Waals surface area contributed by atoms with Crippen molar-refractivity contribution in [2.75, 3.05) is 26.3 Å². The first-order valence-corrected chi connectivity index (χ1v) is 8.76. The number of morpholine rings is 1. The predicted octanol–water partition coefficient (Wildman–Crippen LogP) is 4.02. The molecule has 4 rings (SSSR count). The molecule has 0 radical (unpaired) electrons. The Hall–Kier alpha value is -2.14. The lowest BCUT2D eigenvalue weighted by Crippen LogP contribution is -2.39. The van der Waals surface area contributed by atoms with Gasteiger partial charge in [-0.3, -0.25) is 9.88 Å². The Morgan fingerprint density at radius 3 is 2.56 bits per heavy atom. The molecule has 1 atom stereocenters. The molecule has 0 amide bonds. The van der Waals surface area contributed by atoms with Crippen LogP contribution in [0.5, 0.6) is 5.75 Å². The summed E-state index contributed by atoms with van der Waals surface area (Å²) in [6.45, 7) is 3.01. The largest absolute Gasteiger partial charge is 0.505 e. The van der Waals surface area contributed by atoms with Gasteiger partial charge in [0.2, 0.25) is 0 Å². The standard InChI is InChI=1S/C20H19ClN2O2/c21-16-6-3-15(4-7-16)19(23-10-12-25-13-11-23)17-8-5-14-2-1-9-22-18(14)20(17)24/h1-9,19,24H,10-13H2/t19-/m0/s1. The molecule has 1 aliphatic heterocycles. The third-order valence-corrected chi connectivity index (χ3v) is 4.92. The van der Waals surface area contributed by atoms with E-state index in [1.807, 2.05) is 48.5 Å². The highest BCUT2D eigenvalue weighted by Crippen LogP contribution is 2.38. The van der Waals surface area contributed by atoms with Crippen LogP contribution in [-0.2, 0) is 4.74 Å². The lowest BCUT2D eigenvalue weighted by Gasteiger charge is -2.35. The summed E-state index contributed by atoms with van der Waals surface area (Å²) in [5.41, 5.74) is 2.58. The van der Waals surface area contributed by atoms with Gasteiger partial charge in [0.15, 0.2) is 0 Å². The van der Waals surface area contributed by atoms with Gasteiger partial charge in [0, 0.05) is 35.3 Å². The number of fused-ring (bicyclic) bond motifs is 1. The molecule has 0 spiro atoms. The summed E-state index contributed by atoms with van der Waals surface area (Å²) in [5.74, 6) is 0.240. The van der Waals surface area contributed by atoms with Gasteiger partial charge in [-0.2, -0.15) is 0 Å². The first-order valence-electron chi connectivity index (χ1n) is 8.38. The number of phenolic OH excluding ortho intramolecular Hbond substituents is 1. The number of nitrogens with zero attached hydrogens (tertiary/aromatic N) is 2. The van der Waals surface area contributed by atoms with Gasteiger partial charge in [-0.05, 0) is 23.8 Å². The van der Waals surface area contributed by atoms with Crippen LogP contribution in [0, 0.1) is 0 Å². The van der Waals surface area contributed by atoms with Crippen LogP contribution in [-0.4, -0.2) is 41.3 Å². The van der Waals surface area contributed by atoms with E-state index >= 15 is 0 Å². The Kier molecular flexibility index (Phi) is 4.57. The number of phenols is 1. The van der Waals surface area contributed by atoms with Crippen molar-refractivity contribution in [3.05, 3.63) is 70.9 Å². The zero-order valence-electron chi connectivity index (χ0n) is 13.7. The topological polar surface area (TPSA) is 45.6 Å². The molecule has 1 fully saturated rings. The van der Waals surface area contributed by atoms with Crippen LogP contribution >= 0.6 is 11.6 Å². The third-order valence-electron chi connectivity index (χ3n) is 4.67. The average molecular weight is 355 g/mol. The summed E-state index contributed by atoms with van der Waals surface area (Å²) in [6, 6.07) is 15.6. The fourth-order valence-corrected chi connectivity index (χ4v) is 3.56. The maximum Gasteiger partial charge on any atom is 0.146 e. The van der Waals surface area contributed by atoms with E-state index in [2.05, 4.69) is 9.88 Å². The summed E-state index contributed by atoms with van der Waals surface area (Å²) < 4.78 is 5.50. The second kappa shape index (κ2) is 7.00. The number of benzene rings is 2. The Morgan fingerprint density at radius 2 is 1.80 bits per heavy atom. The Bertz CT molecular complexity index is 877. The second-order valence-corrected chi connectivity index (χ2v) is 6.62. The number of ether oxygens (including phenoxy) is 1. The van der Waals surface area contributed by atoms with Gasteiger partial charge in [-0.15, -0.1) is 0 Å². The van der Waals surface area contributed by atoms with Crippen LogP contribution in [0.3, 0.4) is 0 Å². The molecule has 1 aliphatic rings. The number of halogens is 1. The Labute approximate surface area is 151 Å². The first kappa shape index (κ1) is 16.3. The number of hydrogen-bond acceptors (Lipinski definition) is 4. The maximum absolute atomic E-state index is 10.9. The molecule has 3 aromatic rings. The van der Waals surface area contributed by atoms with Crippen LogP contribution in [0.15, 0.2) is 54.7 Å². The van der Waals surface area contributed by atoms with E-state index in [1.165, 1.54) is 0 Å². The van der Waals surface area contributed by atoms with Crippen LogP contribution in [0.1, 0.15) is 17.2 Å². The molecule has 0 saturated carbocycles. The molecule has 1 N–H and O–H groups in total. The van der Waals surface area contributed by atoms with Gasteiger partial charge in [-0.1, -0.05) is 41.9 Å². The molecule has 1 aromatic heterocycles. The maximum atomic E-state index is 10.9. The highest BCUT2D eigenvalue weighted by Gasteiger charge is 2.27. The van der Waals surface area contributed by atoms with Gasteiger partial charge in [0.1, 0.15) is 11.3 Å². The van der Waals surface area contributed by atoms with Crippen molar-refractivity contribution in [3.63, 3.8) is 0 Å². The molecule has 0 unspecified atom stereocenters. The molecule has 25 heavy (non-hydrogen) atoms. The van der Waals surface area contributed by atoms with E-state index in [4.69, 9.17) is 16.3 Å². The van der Waals surface area contributed by atoms with Crippen LogP contribution in [0.25, 0.3) is 10.9 Å². The lowest BCUT2D eigenvalue weighted by molar-refractivity contribution is 0.0236. The minimum atomic E-state index is -0.0624. The monoisotopic (exact) mass is 354 g/mol. The van der Waals surface area contributed by atoms with E-state index < -0.39 is 0 Å². The number of aromatic hydroxyl groups is 1. The molecule has 2 heterocycles. The third kappa shape index (κ3) is 3.21. The van der Waals surface area contributed by atoms with Gasteiger partial charge >= 0.3 is 0 Å². The van der Waals surface area contributed by atoms with Crippen molar-refractivity contribution in [3.8, 4) is 5.75 Å². The van der Waals surface area contributed by atoms with Gasteiger partial charge in [0.25, 0.3) is 0 Å². The summed E-state index contributed by atoms with van der Waals surface area (Å²) >= 11 is 6.06. The van der Waals surface area contributed by atoms with Crippen molar-refractivity contribution >= 4 is 22.5 Å². The summed E-state index contributed by atoms with van der Waals surface area (Å²) in [4.78, 5) is 6.69. The van der Waals surface area contributed by atoms with E-state index in [0.717, 1.165) is 29.6 Å². The summed E-state index contributed by atoms with van der Waals surface area (Å²) in [7, 11) is 0. The normalized spacial score (nSPS) is 16.8. The number of pyridine rings is 1. The fraction of sp³-hybridized carbons (Fsp3) is 0.250. The fourth-order valence-electron chi connectivity index (χ4n) is 3.43. The molecular formula is C20H19ClN2O2. The van der Waals surface area contributed by atoms with Gasteiger partial charge in [-0.25, -0.2) is 0 Å². The molecule has 2 aromatic carbocycles. The highest BCUT2D eigenvalue weighted by molar-refractivity contribution is 6.30. The molecule has 5 heteroatoms. The molecule has 0 aliphatic carbocycles. The average Bonchev–Trinajstić information content (AvgIpc) is 2.66. The molecule has 4 nitrogen and oxygen atoms in total. The van der Waals surface area contributed by atoms with E-state index in [0.29, 0.717) is 23.8 Å². The van der Waals surface area contributed by atoms with E-state index in [9.17, 15) is 5.11 Å². The van der Waals surface area contributed by atoms with Crippen molar-refractivity contribution in [1.82, 2.24) is 9.88 Å². The van der Waals surface area contributed by atoms with Crippen molar-refractivity contribution in [1.29, 1.82) is 0 Å². The zero-order valence-corrected chi connectivity index (χ0v) is 14.5. The minimum Gasteiger partial charge on any atom is -0.505 e. The lowest BCUT2D eigenvalue weighted by atomic mass is 9.94. The van der Waals surface area contributed by atoms with E-state index in [-0.39, 0.29) is 11.8 Å². The van der Waals surface area contributed by atoms with Gasteiger partial charge in [0.05, 0.1) is 19.3 Å². The van der Waals surface area contributed by atoms with Gasteiger partial charge < -0.3 is 9.84 Å². The smallest absolute Gasteiger partial charge is 0.146 e. The quantitative estimate of drug-likeness (QED) is 0.771. The predicted molar refractivity (Wildman–Crippen MR) is 99.1 cm³/mol. The molecular weight excluding hydrogens is 336 g/mol. The molecule has 0 bridgehead atoms. The number of rotatable bonds is 3. The SMILES string of the molecule is Oc1c([C@H](c2ccc(Cl)cc2)N2CCOCC2)ccc2cccnc12. The Morgan fingerprint density at radius 1 is 1.04 bits per heavy atom. The zero-order chi connectivity index (χ0) is 17.2. The van der Waals surface area contributed by atoms with Crippen molar-refractivity contribution < 1.29 is 9.84 Å². The summed E-state index contributed by atoms with van der Waals surface area (Å²) in [5, 5.41) is 12.6. The molecule has 1 saturated heterocycles. The van der Waals surface area contributed by atoms with Crippen LogP contribution in [0.4, 0.5) is 0 Å². The van der Waals surface area contributed by atoms with Crippen molar-refractivity contribution in [2.45, 2.75) is 6.04 Å². The van der Waals surface area contributed by atoms with Crippen LogP contribution in [0.2, 0.25) is 5.02 Å². The second-order valence-electron chi connectivity index (χ2n) is 6.18. The van der Waals surface area contributed by atoms with Crippen LogP contribution < -0.4 is 0 Å². The highest BCUT2D eigenvalue weighted by atomic mass is 35.5. The summed E-state index contributed by atoms with van der Waals surface area (Å²) in [6.07, 6.45) is 1.71. The Balaban J connectivity index is 1.85. The number of hydrogen-bond donors (Lipinski definition) is 1. The van der Waals surface area contributed by atoms with Crippen molar-refractivity contribution in [2.24, 2.45) is 0 Å². The minimum absolute atomic E-state index is 0.0624. The first-order chi connectivity index (χ1) is 12.2.